The van der Waals surface area contributed by atoms with Crippen molar-refractivity contribution >= 4 is 48.7 Å². The monoisotopic (exact) mass is 563 g/mol. The summed E-state index contributed by atoms with van der Waals surface area (Å²) in [6.45, 7) is 4.82. The van der Waals surface area contributed by atoms with Crippen molar-refractivity contribution in [2.24, 2.45) is 5.92 Å². The van der Waals surface area contributed by atoms with Crippen molar-refractivity contribution in [3.05, 3.63) is 52.5 Å². The minimum absolute atomic E-state index is 0.169. The Balaban J connectivity index is 1.46. The number of aromatic nitrogens is 2. The third-order valence-electron chi connectivity index (χ3n) is 6.63. The number of fused-ring (bicyclic) bond motifs is 1. The normalized spacial score (nSPS) is 21.9. The van der Waals surface area contributed by atoms with E-state index in [2.05, 4.69) is 39.6 Å². The van der Waals surface area contributed by atoms with Gasteiger partial charge in [0.1, 0.15) is 0 Å². The fourth-order valence-electron chi connectivity index (χ4n) is 4.77. The highest BCUT2D eigenvalue weighted by Crippen LogP contribution is 2.31. The lowest BCUT2D eigenvalue weighted by Gasteiger charge is -2.30. The first-order chi connectivity index (χ1) is 16.4. The highest BCUT2D eigenvalue weighted by molar-refractivity contribution is 9.10. The van der Waals surface area contributed by atoms with E-state index in [4.69, 9.17) is 9.72 Å². The number of thioether (sulfide) groups is 1. The zero-order chi connectivity index (χ0) is 23.7. The predicted octanol–water partition coefficient (Wildman–Crippen LogP) is 5.69. The van der Waals surface area contributed by atoms with Crippen LogP contribution in [0.25, 0.3) is 11.0 Å². The van der Waals surface area contributed by atoms with Gasteiger partial charge < -0.3 is 9.30 Å². The molecule has 0 saturated carbocycles. The van der Waals surface area contributed by atoms with E-state index >= 15 is 0 Å². The summed E-state index contributed by atoms with van der Waals surface area (Å²) in [6, 6.07) is 13.7. The SMILES string of the molecule is CC1CCCN(S(=O)(=O)c2ccc3c(c2)nc(SCc2ccc(Br)cc2)n3CC2CCCO2)C1. The molecule has 0 spiro atoms. The molecule has 3 heterocycles. The predicted molar refractivity (Wildman–Crippen MR) is 140 cm³/mol. The fourth-order valence-corrected chi connectivity index (χ4v) is 7.63. The molecule has 0 bridgehead atoms. The van der Waals surface area contributed by atoms with Gasteiger partial charge in [-0.15, -0.1) is 0 Å². The molecule has 2 unspecified atom stereocenters. The summed E-state index contributed by atoms with van der Waals surface area (Å²) >= 11 is 5.17. The number of benzene rings is 2. The van der Waals surface area contributed by atoms with Gasteiger partial charge in [0, 0.05) is 29.9 Å². The molecule has 2 aliphatic rings. The first-order valence-corrected chi connectivity index (χ1v) is 15.1. The van der Waals surface area contributed by atoms with Gasteiger partial charge in [-0.2, -0.15) is 4.31 Å². The molecule has 2 atom stereocenters. The van der Waals surface area contributed by atoms with Gasteiger partial charge in [0.05, 0.1) is 28.6 Å². The second-order valence-electron chi connectivity index (χ2n) is 9.32. The van der Waals surface area contributed by atoms with Crippen LogP contribution in [0.3, 0.4) is 0 Å². The molecular weight excluding hydrogens is 534 g/mol. The maximum absolute atomic E-state index is 13.3. The first-order valence-electron chi connectivity index (χ1n) is 11.9. The molecule has 0 aliphatic carbocycles. The van der Waals surface area contributed by atoms with Crippen LogP contribution >= 0.6 is 27.7 Å². The van der Waals surface area contributed by atoms with Crippen molar-refractivity contribution < 1.29 is 13.2 Å². The highest BCUT2D eigenvalue weighted by atomic mass is 79.9. The van der Waals surface area contributed by atoms with Crippen LogP contribution in [-0.2, 0) is 27.1 Å². The lowest BCUT2D eigenvalue weighted by molar-refractivity contribution is 0.0960. The Kier molecular flexibility index (Phi) is 7.37. The summed E-state index contributed by atoms with van der Waals surface area (Å²) in [5, 5.41) is 0.898. The van der Waals surface area contributed by atoms with E-state index in [1.165, 1.54) is 5.56 Å². The van der Waals surface area contributed by atoms with E-state index in [9.17, 15) is 8.42 Å². The summed E-state index contributed by atoms with van der Waals surface area (Å²) in [5.74, 6) is 1.18. The van der Waals surface area contributed by atoms with E-state index in [1.54, 1.807) is 28.2 Å². The number of hydrogen-bond donors (Lipinski definition) is 0. The number of nitrogens with zero attached hydrogens (tertiary/aromatic N) is 3. The van der Waals surface area contributed by atoms with Crippen LogP contribution in [-0.4, -0.2) is 48.1 Å². The van der Waals surface area contributed by atoms with Gasteiger partial charge >= 0.3 is 0 Å². The average molecular weight is 565 g/mol. The molecule has 0 radical (unpaired) electrons. The van der Waals surface area contributed by atoms with Crippen LogP contribution in [0.1, 0.15) is 38.2 Å². The largest absolute Gasteiger partial charge is 0.376 e. The molecule has 0 amide bonds. The molecular formula is C25H30BrN3O3S2. The Morgan fingerprint density at radius 2 is 1.97 bits per heavy atom. The Morgan fingerprint density at radius 1 is 1.15 bits per heavy atom. The Labute approximate surface area is 214 Å². The van der Waals surface area contributed by atoms with Gasteiger partial charge in [-0.1, -0.05) is 46.7 Å². The number of rotatable bonds is 7. The molecule has 182 valence electrons. The molecule has 0 N–H and O–H groups in total. The minimum atomic E-state index is -3.52. The molecule has 9 heteroatoms. The number of halogens is 1. The van der Waals surface area contributed by atoms with E-state index in [1.807, 2.05) is 18.2 Å². The van der Waals surface area contributed by atoms with Crippen molar-refractivity contribution in [2.45, 2.75) is 61.1 Å². The van der Waals surface area contributed by atoms with Crippen LogP contribution in [0, 0.1) is 5.92 Å². The van der Waals surface area contributed by atoms with Crippen molar-refractivity contribution in [1.82, 2.24) is 13.9 Å². The van der Waals surface area contributed by atoms with Gasteiger partial charge in [-0.25, -0.2) is 13.4 Å². The Bertz CT molecular complexity index is 1250. The fraction of sp³-hybridized carbons (Fsp3) is 0.480. The summed E-state index contributed by atoms with van der Waals surface area (Å²) in [5.41, 5.74) is 2.90. The second kappa shape index (κ2) is 10.3. The summed E-state index contributed by atoms with van der Waals surface area (Å²) in [4.78, 5) is 5.23. The Morgan fingerprint density at radius 3 is 2.71 bits per heavy atom. The van der Waals surface area contributed by atoms with Crippen LogP contribution in [0.4, 0.5) is 0 Å². The molecule has 3 aromatic rings. The highest BCUT2D eigenvalue weighted by Gasteiger charge is 2.29. The van der Waals surface area contributed by atoms with Crippen LogP contribution in [0.15, 0.2) is 57.0 Å². The Hall–Kier alpha value is -1.39. The molecule has 1 aromatic heterocycles. The standard InChI is InChI=1S/C25H30BrN3O3S2/c1-18-4-2-12-28(15-18)34(30,31)22-10-11-24-23(14-22)27-25(29(24)16-21-5-3-13-32-21)33-17-19-6-8-20(26)9-7-19/h6-11,14,18,21H,2-5,12-13,15-17H2,1H3. The lowest BCUT2D eigenvalue weighted by atomic mass is 10.0. The van der Waals surface area contributed by atoms with Crippen LogP contribution < -0.4 is 0 Å². The number of imidazole rings is 1. The van der Waals surface area contributed by atoms with Gasteiger partial charge in [0.2, 0.25) is 10.0 Å². The first kappa shape index (κ1) is 24.3. The van der Waals surface area contributed by atoms with Gasteiger partial charge in [-0.3, -0.25) is 0 Å². The molecule has 2 saturated heterocycles. The average Bonchev–Trinajstić information content (AvgIpc) is 3.46. The molecule has 2 fully saturated rings. The van der Waals surface area contributed by atoms with Crippen LogP contribution in [0.2, 0.25) is 0 Å². The summed E-state index contributed by atoms with van der Waals surface area (Å²) in [6.07, 6.45) is 4.28. The van der Waals surface area contributed by atoms with Crippen molar-refractivity contribution in [2.75, 3.05) is 19.7 Å². The lowest BCUT2D eigenvalue weighted by Crippen LogP contribution is -2.39. The smallest absolute Gasteiger partial charge is 0.243 e. The van der Waals surface area contributed by atoms with Gasteiger partial charge in [-0.05, 0) is 67.5 Å². The summed E-state index contributed by atoms with van der Waals surface area (Å²) < 4.78 is 37.5. The van der Waals surface area contributed by atoms with Gasteiger partial charge in [0.15, 0.2) is 5.16 Å². The summed E-state index contributed by atoms with van der Waals surface area (Å²) in [7, 11) is -3.52. The minimum Gasteiger partial charge on any atom is -0.376 e. The zero-order valence-corrected chi connectivity index (χ0v) is 22.5. The molecule has 2 aliphatic heterocycles. The maximum Gasteiger partial charge on any atom is 0.243 e. The van der Waals surface area contributed by atoms with Crippen molar-refractivity contribution in [3.63, 3.8) is 0 Å². The molecule has 2 aromatic carbocycles. The zero-order valence-electron chi connectivity index (χ0n) is 19.3. The number of piperidine rings is 1. The van der Waals surface area contributed by atoms with Crippen LogP contribution in [0.5, 0.6) is 0 Å². The maximum atomic E-state index is 13.3. The number of ether oxygens (including phenoxy) is 1. The number of hydrogen-bond acceptors (Lipinski definition) is 5. The third kappa shape index (κ3) is 5.23. The molecule has 5 rings (SSSR count). The number of sulfonamides is 1. The molecule has 34 heavy (non-hydrogen) atoms. The van der Waals surface area contributed by atoms with Gasteiger partial charge in [0.25, 0.3) is 0 Å². The van der Waals surface area contributed by atoms with E-state index in [0.717, 1.165) is 65.3 Å². The second-order valence-corrected chi connectivity index (χ2v) is 13.1. The third-order valence-corrected chi connectivity index (χ3v) is 10.1. The van der Waals surface area contributed by atoms with E-state index in [-0.39, 0.29) is 6.10 Å². The van der Waals surface area contributed by atoms with E-state index < -0.39 is 10.0 Å². The molecule has 6 nitrogen and oxygen atoms in total. The quantitative estimate of drug-likeness (QED) is 0.345. The van der Waals surface area contributed by atoms with Crippen molar-refractivity contribution in [1.29, 1.82) is 0 Å². The van der Waals surface area contributed by atoms with Crippen molar-refractivity contribution in [3.8, 4) is 0 Å². The topological polar surface area (TPSA) is 64.4 Å². The van der Waals surface area contributed by atoms with E-state index in [0.29, 0.717) is 23.9 Å².